The number of carbonyl (C=O) groups is 1. The van der Waals surface area contributed by atoms with E-state index in [1.807, 2.05) is 0 Å². The molecule has 0 spiro atoms. The molecular weight excluding hydrogens is 330 g/mol. The Morgan fingerprint density at radius 1 is 1.04 bits per heavy atom. The van der Waals surface area contributed by atoms with Crippen LogP contribution in [0.1, 0.15) is 48.9 Å². The first-order chi connectivity index (χ1) is 12.8. The average molecular weight is 351 g/mol. The summed E-state index contributed by atoms with van der Waals surface area (Å²) in [5.74, 6) is 1.04. The lowest BCUT2D eigenvalue weighted by Crippen LogP contribution is -2.34. The smallest absolute Gasteiger partial charge is 0.251 e. The summed E-state index contributed by atoms with van der Waals surface area (Å²) in [5, 5.41) is 15.1. The summed E-state index contributed by atoms with van der Waals surface area (Å²) < 4.78 is 7.28. The molecule has 1 aliphatic rings. The highest BCUT2D eigenvalue weighted by atomic mass is 16.5. The van der Waals surface area contributed by atoms with Gasteiger partial charge < -0.3 is 10.1 Å². The maximum atomic E-state index is 12.4. The van der Waals surface area contributed by atoms with Crippen LogP contribution in [0.15, 0.2) is 42.7 Å². The maximum Gasteiger partial charge on any atom is 0.251 e. The number of carbonyl (C=O) groups excluding carboxylic acids is 1. The number of fused-ring (bicyclic) bond motifs is 1. The van der Waals surface area contributed by atoms with Gasteiger partial charge in [0, 0.05) is 17.7 Å². The van der Waals surface area contributed by atoms with Gasteiger partial charge in [0.25, 0.3) is 5.91 Å². The molecule has 0 radical (unpaired) electrons. The average Bonchev–Trinajstić information content (AvgIpc) is 2.97. The van der Waals surface area contributed by atoms with Crippen LogP contribution in [0.2, 0.25) is 0 Å². The Kier molecular flexibility index (Phi) is 4.77. The molecule has 2 aromatic heterocycles. The lowest BCUT2D eigenvalue weighted by Gasteiger charge is -2.16. The van der Waals surface area contributed by atoms with E-state index < -0.39 is 0 Å². The molecule has 0 aliphatic heterocycles. The summed E-state index contributed by atoms with van der Waals surface area (Å²) in [5.41, 5.74) is 1.30. The van der Waals surface area contributed by atoms with Crippen molar-refractivity contribution in [1.29, 1.82) is 0 Å². The second kappa shape index (κ2) is 7.51. The Morgan fingerprint density at radius 3 is 2.58 bits per heavy atom. The van der Waals surface area contributed by atoms with Gasteiger partial charge in [-0.25, -0.2) is 0 Å². The zero-order valence-electron chi connectivity index (χ0n) is 14.5. The van der Waals surface area contributed by atoms with Crippen molar-refractivity contribution in [2.24, 2.45) is 0 Å². The Balaban J connectivity index is 1.40. The van der Waals surface area contributed by atoms with Gasteiger partial charge in [0.2, 0.25) is 5.88 Å². The minimum Gasteiger partial charge on any atom is -0.438 e. The van der Waals surface area contributed by atoms with Crippen LogP contribution < -0.4 is 10.1 Å². The van der Waals surface area contributed by atoms with Crippen LogP contribution in [-0.2, 0) is 0 Å². The number of amides is 1. The van der Waals surface area contributed by atoms with Crippen LogP contribution in [-0.4, -0.2) is 31.8 Å². The Morgan fingerprint density at radius 2 is 1.81 bits per heavy atom. The SMILES string of the molecule is O=C(NC1CCCCCC1)c1ccc(Oc2ccc3nncn3n2)cc1. The van der Waals surface area contributed by atoms with Crippen LogP contribution >= 0.6 is 0 Å². The molecule has 1 aromatic carbocycles. The van der Waals surface area contributed by atoms with E-state index >= 15 is 0 Å². The standard InChI is InChI=1S/C19H21N5O2/c25-19(21-15-5-3-1-2-4-6-15)14-7-9-16(10-8-14)26-18-12-11-17-22-20-13-24(17)23-18/h7-13,15H,1-6H2,(H,21,25). The van der Waals surface area contributed by atoms with E-state index in [1.165, 1.54) is 32.0 Å². The van der Waals surface area contributed by atoms with Crippen molar-refractivity contribution in [3.05, 3.63) is 48.3 Å². The number of nitrogens with one attached hydrogen (secondary N) is 1. The molecule has 7 heteroatoms. The zero-order valence-corrected chi connectivity index (χ0v) is 14.5. The molecule has 1 amide bonds. The van der Waals surface area contributed by atoms with E-state index in [2.05, 4.69) is 20.6 Å². The van der Waals surface area contributed by atoms with Gasteiger partial charge in [0.05, 0.1) is 0 Å². The molecule has 0 unspecified atom stereocenters. The highest BCUT2D eigenvalue weighted by Crippen LogP contribution is 2.21. The second-order valence-corrected chi connectivity index (χ2v) is 6.59. The normalized spacial score (nSPS) is 15.5. The van der Waals surface area contributed by atoms with Gasteiger partial charge in [0.1, 0.15) is 12.1 Å². The molecule has 134 valence electrons. The van der Waals surface area contributed by atoms with Crippen LogP contribution in [0.4, 0.5) is 0 Å². The molecule has 0 bridgehead atoms. The zero-order chi connectivity index (χ0) is 17.8. The van der Waals surface area contributed by atoms with Gasteiger partial charge in [-0.05, 0) is 43.2 Å². The first-order valence-electron chi connectivity index (χ1n) is 9.04. The van der Waals surface area contributed by atoms with Gasteiger partial charge in [0.15, 0.2) is 5.65 Å². The number of hydrogen-bond donors (Lipinski definition) is 1. The molecular formula is C19H21N5O2. The Hall–Kier alpha value is -2.96. The third kappa shape index (κ3) is 3.82. The predicted octanol–water partition coefficient (Wildman–Crippen LogP) is 3.37. The van der Waals surface area contributed by atoms with Crippen LogP contribution in [0.3, 0.4) is 0 Å². The first kappa shape index (κ1) is 16.5. The lowest BCUT2D eigenvalue weighted by atomic mass is 10.1. The fourth-order valence-corrected chi connectivity index (χ4v) is 3.25. The van der Waals surface area contributed by atoms with Crippen molar-refractivity contribution >= 4 is 11.6 Å². The second-order valence-electron chi connectivity index (χ2n) is 6.59. The molecule has 3 aromatic rings. The predicted molar refractivity (Wildman–Crippen MR) is 96.3 cm³/mol. The highest BCUT2D eigenvalue weighted by molar-refractivity contribution is 5.94. The number of benzene rings is 1. The number of aromatic nitrogens is 4. The largest absolute Gasteiger partial charge is 0.438 e. The lowest BCUT2D eigenvalue weighted by molar-refractivity contribution is 0.0933. The molecule has 7 nitrogen and oxygen atoms in total. The molecule has 2 heterocycles. The van der Waals surface area contributed by atoms with Gasteiger partial charge in [-0.2, -0.15) is 4.52 Å². The van der Waals surface area contributed by atoms with Crippen LogP contribution in [0.25, 0.3) is 5.65 Å². The third-order valence-corrected chi connectivity index (χ3v) is 4.67. The summed E-state index contributed by atoms with van der Waals surface area (Å²) in [7, 11) is 0. The van der Waals surface area contributed by atoms with Gasteiger partial charge >= 0.3 is 0 Å². The summed E-state index contributed by atoms with van der Waals surface area (Å²) in [6, 6.07) is 10.9. The highest BCUT2D eigenvalue weighted by Gasteiger charge is 2.15. The van der Waals surface area contributed by atoms with Crippen molar-refractivity contribution in [1.82, 2.24) is 25.1 Å². The van der Waals surface area contributed by atoms with E-state index in [9.17, 15) is 4.79 Å². The molecule has 4 rings (SSSR count). The van der Waals surface area contributed by atoms with Gasteiger partial charge in [-0.3, -0.25) is 4.79 Å². The number of rotatable bonds is 4. The number of hydrogen-bond acceptors (Lipinski definition) is 5. The molecule has 1 saturated carbocycles. The molecule has 0 saturated heterocycles. The van der Waals surface area contributed by atoms with Crippen molar-refractivity contribution in [2.75, 3.05) is 0 Å². The fraction of sp³-hybridized carbons (Fsp3) is 0.368. The van der Waals surface area contributed by atoms with E-state index in [1.54, 1.807) is 40.9 Å². The van der Waals surface area contributed by atoms with Crippen molar-refractivity contribution in [3.8, 4) is 11.6 Å². The van der Waals surface area contributed by atoms with Crippen LogP contribution in [0.5, 0.6) is 11.6 Å². The topological polar surface area (TPSA) is 81.4 Å². The summed E-state index contributed by atoms with van der Waals surface area (Å²) in [6.45, 7) is 0. The van der Waals surface area contributed by atoms with Crippen molar-refractivity contribution < 1.29 is 9.53 Å². The van der Waals surface area contributed by atoms with E-state index in [0.717, 1.165) is 12.8 Å². The van der Waals surface area contributed by atoms with Crippen LogP contribution in [0, 0.1) is 0 Å². The first-order valence-corrected chi connectivity index (χ1v) is 9.04. The minimum atomic E-state index is -0.0208. The van der Waals surface area contributed by atoms with E-state index in [0.29, 0.717) is 28.9 Å². The van der Waals surface area contributed by atoms with E-state index in [4.69, 9.17) is 4.74 Å². The minimum absolute atomic E-state index is 0.0208. The number of ether oxygens (including phenoxy) is 1. The molecule has 1 N–H and O–H groups in total. The van der Waals surface area contributed by atoms with Crippen molar-refractivity contribution in [2.45, 2.75) is 44.6 Å². The third-order valence-electron chi connectivity index (χ3n) is 4.67. The quantitative estimate of drug-likeness (QED) is 0.729. The maximum absolute atomic E-state index is 12.4. The van der Waals surface area contributed by atoms with E-state index in [-0.39, 0.29) is 5.91 Å². The molecule has 1 aliphatic carbocycles. The molecule has 26 heavy (non-hydrogen) atoms. The Bertz CT molecular complexity index is 882. The monoisotopic (exact) mass is 351 g/mol. The molecule has 0 atom stereocenters. The van der Waals surface area contributed by atoms with Gasteiger partial charge in [-0.1, -0.05) is 25.7 Å². The molecule has 1 fully saturated rings. The number of nitrogens with zero attached hydrogens (tertiary/aromatic N) is 4. The Labute approximate surface area is 151 Å². The van der Waals surface area contributed by atoms with Crippen molar-refractivity contribution in [3.63, 3.8) is 0 Å². The summed E-state index contributed by atoms with van der Waals surface area (Å²) in [4.78, 5) is 12.4. The van der Waals surface area contributed by atoms with Gasteiger partial charge in [-0.15, -0.1) is 15.3 Å². The summed E-state index contributed by atoms with van der Waals surface area (Å²) >= 11 is 0. The summed E-state index contributed by atoms with van der Waals surface area (Å²) in [6.07, 6.45) is 8.60. The fourth-order valence-electron chi connectivity index (χ4n) is 3.25.